The van der Waals surface area contributed by atoms with Gasteiger partial charge in [-0.25, -0.2) is 0 Å². The van der Waals surface area contributed by atoms with Crippen LogP contribution in [0.1, 0.15) is 24.4 Å². The van der Waals surface area contributed by atoms with Crippen molar-refractivity contribution in [3.63, 3.8) is 0 Å². The van der Waals surface area contributed by atoms with Gasteiger partial charge < -0.3 is 10.8 Å². The third kappa shape index (κ3) is 1.59. The molecule has 0 aromatic heterocycles. The van der Waals surface area contributed by atoms with Crippen LogP contribution < -0.4 is 5.73 Å². The van der Waals surface area contributed by atoms with Crippen molar-refractivity contribution < 1.29 is 9.90 Å². The summed E-state index contributed by atoms with van der Waals surface area (Å²) in [6, 6.07) is 13.5. The van der Waals surface area contributed by atoms with Crippen LogP contribution in [0.25, 0.3) is 10.8 Å². The van der Waals surface area contributed by atoms with Gasteiger partial charge in [-0.2, -0.15) is 0 Å². The van der Waals surface area contributed by atoms with E-state index in [2.05, 4.69) is 0 Å². The van der Waals surface area contributed by atoms with Gasteiger partial charge in [0.25, 0.3) is 0 Å². The summed E-state index contributed by atoms with van der Waals surface area (Å²) in [5.74, 6) is -0.775. The Labute approximate surface area is 105 Å². The summed E-state index contributed by atoms with van der Waals surface area (Å²) in [5, 5.41) is 11.5. The van der Waals surface area contributed by atoms with Crippen LogP contribution in [0.15, 0.2) is 42.5 Å². The van der Waals surface area contributed by atoms with Gasteiger partial charge in [0.2, 0.25) is 0 Å². The van der Waals surface area contributed by atoms with Crippen molar-refractivity contribution in [1.82, 2.24) is 0 Å². The number of hydrogen-bond donors (Lipinski definition) is 2. The molecule has 2 aromatic carbocycles. The van der Waals surface area contributed by atoms with Gasteiger partial charge in [0.05, 0.1) is 5.41 Å². The number of carboxylic acids is 1. The smallest absolute Gasteiger partial charge is 0.311 e. The Kier molecular flexibility index (Phi) is 2.38. The van der Waals surface area contributed by atoms with Gasteiger partial charge in [-0.05, 0) is 35.2 Å². The molecule has 0 spiro atoms. The average molecular weight is 241 g/mol. The van der Waals surface area contributed by atoms with E-state index in [1.165, 1.54) is 0 Å². The Bertz CT molecular complexity index is 617. The van der Waals surface area contributed by atoms with Crippen LogP contribution >= 0.6 is 0 Å². The van der Waals surface area contributed by atoms with E-state index in [4.69, 9.17) is 5.73 Å². The van der Waals surface area contributed by atoms with Gasteiger partial charge in [-0.15, -0.1) is 0 Å². The summed E-state index contributed by atoms with van der Waals surface area (Å²) in [6.07, 6.45) is 1.35. The lowest BCUT2D eigenvalue weighted by atomic mass is 9.90. The topological polar surface area (TPSA) is 63.3 Å². The summed E-state index contributed by atoms with van der Waals surface area (Å²) in [6.45, 7) is 0. The summed E-state index contributed by atoms with van der Waals surface area (Å²) in [4.78, 5) is 11.3. The maximum absolute atomic E-state index is 11.3. The van der Waals surface area contributed by atoms with Gasteiger partial charge >= 0.3 is 5.97 Å². The molecular weight excluding hydrogens is 226 g/mol. The molecule has 0 radical (unpaired) electrons. The minimum atomic E-state index is -0.775. The molecule has 0 amide bonds. The van der Waals surface area contributed by atoms with E-state index < -0.39 is 17.4 Å². The molecule has 2 aromatic rings. The highest BCUT2D eigenvalue weighted by Gasteiger charge is 2.55. The Morgan fingerprint density at radius 1 is 1.17 bits per heavy atom. The number of fused-ring (bicyclic) bond motifs is 1. The van der Waals surface area contributed by atoms with Crippen molar-refractivity contribution in [2.24, 2.45) is 11.1 Å². The van der Waals surface area contributed by atoms with Gasteiger partial charge in [0.15, 0.2) is 0 Å². The molecule has 3 nitrogen and oxygen atoms in total. The summed E-state index contributed by atoms with van der Waals surface area (Å²) >= 11 is 0. The maximum atomic E-state index is 11.3. The average Bonchev–Trinajstić information content (AvgIpc) is 3.19. The molecule has 3 rings (SSSR count). The highest BCUT2D eigenvalue weighted by atomic mass is 16.4. The van der Waals surface area contributed by atoms with Crippen LogP contribution in [0.4, 0.5) is 0 Å². The molecule has 1 aliphatic rings. The molecular formula is C15H15NO2. The second kappa shape index (κ2) is 3.82. The van der Waals surface area contributed by atoms with Crippen LogP contribution in [0.5, 0.6) is 0 Å². The molecule has 0 heterocycles. The van der Waals surface area contributed by atoms with Crippen molar-refractivity contribution >= 4 is 16.7 Å². The molecule has 1 unspecified atom stereocenters. The molecule has 0 bridgehead atoms. The van der Waals surface area contributed by atoms with E-state index >= 15 is 0 Å². The Balaban J connectivity index is 2.02. The predicted molar refractivity (Wildman–Crippen MR) is 70.2 cm³/mol. The van der Waals surface area contributed by atoms with Gasteiger partial charge in [-0.1, -0.05) is 36.4 Å². The first kappa shape index (κ1) is 11.2. The third-order valence-corrected chi connectivity index (χ3v) is 3.94. The first-order valence-corrected chi connectivity index (χ1v) is 6.11. The van der Waals surface area contributed by atoms with Gasteiger partial charge in [0.1, 0.15) is 0 Å². The summed E-state index contributed by atoms with van der Waals surface area (Å²) in [5.41, 5.74) is 6.32. The lowest BCUT2D eigenvalue weighted by Crippen LogP contribution is -2.29. The molecule has 0 aliphatic heterocycles. The highest BCUT2D eigenvalue weighted by molar-refractivity contribution is 5.84. The number of rotatable bonds is 3. The zero-order valence-corrected chi connectivity index (χ0v) is 9.97. The van der Waals surface area contributed by atoms with Crippen LogP contribution in [-0.2, 0) is 4.79 Å². The third-order valence-electron chi connectivity index (χ3n) is 3.94. The number of benzene rings is 2. The van der Waals surface area contributed by atoms with Crippen LogP contribution in [0.2, 0.25) is 0 Å². The Morgan fingerprint density at radius 2 is 1.83 bits per heavy atom. The van der Waals surface area contributed by atoms with Gasteiger partial charge in [0, 0.05) is 6.04 Å². The molecule has 1 fully saturated rings. The lowest BCUT2D eigenvalue weighted by Gasteiger charge is -2.19. The minimum Gasteiger partial charge on any atom is -0.481 e. The second-order valence-electron chi connectivity index (χ2n) is 5.05. The fourth-order valence-electron chi connectivity index (χ4n) is 2.51. The highest BCUT2D eigenvalue weighted by Crippen LogP contribution is 2.54. The van der Waals surface area contributed by atoms with E-state index in [1.807, 2.05) is 42.5 Å². The van der Waals surface area contributed by atoms with Crippen LogP contribution in [0, 0.1) is 5.41 Å². The Hall–Kier alpha value is -1.87. The fraction of sp³-hybridized carbons (Fsp3) is 0.267. The molecule has 3 N–H and O–H groups in total. The molecule has 92 valence electrons. The number of carboxylic acid groups (broad SMARTS) is 1. The first-order valence-electron chi connectivity index (χ1n) is 6.11. The first-order chi connectivity index (χ1) is 8.63. The molecule has 0 saturated heterocycles. The Morgan fingerprint density at radius 3 is 2.44 bits per heavy atom. The van der Waals surface area contributed by atoms with Crippen molar-refractivity contribution in [3.05, 3.63) is 48.0 Å². The van der Waals surface area contributed by atoms with Crippen LogP contribution in [0.3, 0.4) is 0 Å². The molecule has 3 heteroatoms. The van der Waals surface area contributed by atoms with E-state index in [0.29, 0.717) is 12.8 Å². The van der Waals surface area contributed by atoms with Crippen molar-refractivity contribution in [2.45, 2.75) is 18.9 Å². The molecule has 1 saturated carbocycles. The summed E-state index contributed by atoms with van der Waals surface area (Å²) < 4.78 is 0. The van der Waals surface area contributed by atoms with Crippen molar-refractivity contribution in [2.75, 3.05) is 0 Å². The molecule has 18 heavy (non-hydrogen) atoms. The van der Waals surface area contributed by atoms with Crippen molar-refractivity contribution in [1.29, 1.82) is 0 Å². The second-order valence-corrected chi connectivity index (χ2v) is 5.05. The van der Waals surface area contributed by atoms with E-state index in [1.54, 1.807) is 0 Å². The monoisotopic (exact) mass is 241 g/mol. The normalized spacial score (nSPS) is 18.5. The summed E-state index contributed by atoms with van der Waals surface area (Å²) in [7, 11) is 0. The standard InChI is InChI=1S/C15H15NO2/c16-13(15(7-8-15)14(17)18)12-6-5-10-3-1-2-4-11(10)9-12/h1-6,9,13H,7-8,16H2,(H,17,18). The quantitative estimate of drug-likeness (QED) is 0.868. The minimum absolute atomic E-state index is 0.417. The number of hydrogen-bond acceptors (Lipinski definition) is 2. The van der Waals surface area contributed by atoms with E-state index in [-0.39, 0.29) is 0 Å². The van der Waals surface area contributed by atoms with E-state index in [0.717, 1.165) is 16.3 Å². The maximum Gasteiger partial charge on any atom is 0.311 e. The van der Waals surface area contributed by atoms with Crippen LogP contribution in [-0.4, -0.2) is 11.1 Å². The lowest BCUT2D eigenvalue weighted by molar-refractivity contribution is -0.144. The predicted octanol–water partition coefficient (Wildman–Crippen LogP) is 2.70. The fourth-order valence-corrected chi connectivity index (χ4v) is 2.51. The number of carbonyl (C=O) groups is 1. The van der Waals surface area contributed by atoms with E-state index in [9.17, 15) is 9.90 Å². The molecule has 1 atom stereocenters. The number of nitrogens with two attached hydrogens (primary N) is 1. The SMILES string of the molecule is NC(c1ccc2ccccc2c1)C1(C(=O)O)CC1. The zero-order chi connectivity index (χ0) is 12.8. The largest absolute Gasteiger partial charge is 0.481 e. The number of aliphatic carboxylic acids is 1. The van der Waals surface area contributed by atoms with Gasteiger partial charge in [-0.3, -0.25) is 4.79 Å². The molecule has 1 aliphatic carbocycles. The van der Waals surface area contributed by atoms with Crippen molar-refractivity contribution in [3.8, 4) is 0 Å². The zero-order valence-electron chi connectivity index (χ0n) is 9.97.